The van der Waals surface area contributed by atoms with Gasteiger partial charge in [-0.3, -0.25) is 15.1 Å². The third kappa shape index (κ3) is 4.45. The molecule has 2 aliphatic heterocycles. The molecular weight excluding hydrogens is 390 g/mol. The number of nitrogens with one attached hydrogen (secondary N) is 1. The summed E-state index contributed by atoms with van der Waals surface area (Å²) in [5, 5.41) is 13.2. The standard InChI is InChI=1S/C24H33N5O2/c1-31-21(30)16-24(22-27-19-12-7-8-13-20(19)28-22)14-9-15-29(23(24)26-17-25)18-10-5-3-2-4-6-11-18/h7-8,12-13,18-19,22,27H,2-6,9-11,14-16H2,1H3. The zero-order chi connectivity index (χ0) is 21.7. The van der Waals surface area contributed by atoms with Crippen LogP contribution in [0.15, 0.2) is 34.3 Å². The first kappa shape index (κ1) is 21.8. The number of ether oxygens (including phenoxy) is 1. The maximum Gasteiger partial charge on any atom is 0.306 e. The Kier molecular flexibility index (Phi) is 6.86. The molecule has 4 rings (SSSR count). The number of likely N-dealkylation sites (tertiary alicyclic amines) is 1. The van der Waals surface area contributed by atoms with Crippen LogP contribution in [0, 0.1) is 16.9 Å². The van der Waals surface area contributed by atoms with Crippen molar-refractivity contribution in [1.82, 2.24) is 10.2 Å². The molecule has 7 nitrogen and oxygen atoms in total. The highest BCUT2D eigenvalue weighted by Gasteiger charge is 2.53. The Morgan fingerprint density at radius 2 is 2.06 bits per heavy atom. The summed E-state index contributed by atoms with van der Waals surface area (Å²) < 4.78 is 5.10. The highest BCUT2D eigenvalue weighted by atomic mass is 16.5. The second-order valence-electron chi connectivity index (χ2n) is 9.09. The molecule has 2 aliphatic carbocycles. The summed E-state index contributed by atoms with van der Waals surface area (Å²) in [4.78, 5) is 24.3. The van der Waals surface area contributed by atoms with Gasteiger partial charge in [-0.2, -0.15) is 10.3 Å². The number of carbonyl (C=O) groups excluding carboxylic acids is 1. The number of esters is 1. The van der Waals surface area contributed by atoms with Gasteiger partial charge in [-0.1, -0.05) is 50.3 Å². The van der Waals surface area contributed by atoms with Gasteiger partial charge >= 0.3 is 5.97 Å². The summed E-state index contributed by atoms with van der Waals surface area (Å²) in [6.45, 7) is 0.876. The molecule has 2 fully saturated rings. The summed E-state index contributed by atoms with van der Waals surface area (Å²) in [7, 11) is 1.42. The van der Waals surface area contributed by atoms with Gasteiger partial charge in [0.2, 0.25) is 6.19 Å². The number of aliphatic imine (C=N–C) groups is 2. The number of amidine groups is 1. The van der Waals surface area contributed by atoms with Crippen LogP contribution in [0.3, 0.4) is 0 Å². The lowest BCUT2D eigenvalue weighted by atomic mass is 9.72. The summed E-state index contributed by atoms with van der Waals surface area (Å²) in [6, 6.07) is 0.394. The average Bonchev–Trinajstić information content (AvgIpc) is 3.20. The van der Waals surface area contributed by atoms with Crippen LogP contribution in [0.4, 0.5) is 0 Å². The molecule has 1 N–H and O–H groups in total. The number of nitriles is 1. The minimum Gasteiger partial charge on any atom is -0.469 e. The van der Waals surface area contributed by atoms with E-state index in [2.05, 4.69) is 27.5 Å². The van der Waals surface area contributed by atoms with Gasteiger partial charge in [0.05, 0.1) is 30.7 Å². The van der Waals surface area contributed by atoms with E-state index < -0.39 is 5.41 Å². The number of piperidine rings is 1. The van der Waals surface area contributed by atoms with Crippen molar-refractivity contribution < 1.29 is 9.53 Å². The highest BCUT2D eigenvalue weighted by Crippen LogP contribution is 2.43. The second kappa shape index (κ2) is 9.78. The van der Waals surface area contributed by atoms with Crippen molar-refractivity contribution in [2.75, 3.05) is 13.7 Å². The largest absolute Gasteiger partial charge is 0.469 e. The molecule has 1 saturated heterocycles. The second-order valence-corrected chi connectivity index (χ2v) is 9.09. The fourth-order valence-electron chi connectivity index (χ4n) is 5.68. The van der Waals surface area contributed by atoms with Gasteiger partial charge in [-0.15, -0.1) is 0 Å². The van der Waals surface area contributed by atoms with E-state index >= 15 is 0 Å². The average molecular weight is 424 g/mol. The molecule has 166 valence electrons. The van der Waals surface area contributed by atoms with E-state index in [1.54, 1.807) is 0 Å². The van der Waals surface area contributed by atoms with Gasteiger partial charge in [-0.25, -0.2) is 0 Å². The van der Waals surface area contributed by atoms with Gasteiger partial charge in [-0.05, 0) is 31.8 Å². The van der Waals surface area contributed by atoms with Crippen LogP contribution >= 0.6 is 0 Å². The quantitative estimate of drug-likeness (QED) is 0.552. The van der Waals surface area contributed by atoms with E-state index in [0.717, 1.165) is 43.8 Å². The third-order valence-electron chi connectivity index (χ3n) is 7.24. The number of hydrogen-bond acceptors (Lipinski definition) is 6. The molecule has 2 heterocycles. The van der Waals surface area contributed by atoms with Crippen LogP contribution in [0.2, 0.25) is 0 Å². The fraction of sp³-hybridized carbons (Fsp3) is 0.667. The lowest BCUT2D eigenvalue weighted by Gasteiger charge is -2.49. The number of nitrogens with zero attached hydrogens (tertiary/aromatic N) is 4. The Labute approximate surface area is 184 Å². The molecule has 3 atom stereocenters. The Hall–Kier alpha value is -2.46. The molecule has 1 saturated carbocycles. The summed E-state index contributed by atoms with van der Waals surface area (Å²) in [6.07, 6.45) is 20.2. The predicted molar refractivity (Wildman–Crippen MR) is 121 cm³/mol. The van der Waals surface area contributed by atoms with Crippen molar-refractivity contribution in [2.24, 2.45) is 15.4 Å². The van der Waals surface area contributed by atoms with Crippen LogP contribution < -0.4 is 5.32 Å². The van der Waals surface area contributed by atoms with Gasteiger partial charge in [0, 0.05) is 12.6 Å². The summed E-state index contributed by atoms with van der Waals surface area (Å²) in [5.41, 5.74) is 0.284. The van der Waals surface area contributed by atoms with Gasteiger partial charge in [0.25, 0.3) is 0 Å². The van der Waals surface area contributed by atoms with Crippen molar-refractivity contribution in [1.29, 1.82) is 5.26 Å². The SMILES string of the molecule is COC(=O)CC1(C2N=C3C=CC=CC3N2)CCCN(C2CCCCCCC2)C1=NC#N. The molecule has 4 aliphatic rings. The van der Waals surface area contributed by atoms with Crippen LogP contribution in [0.1, 0.15) is 64.2 Å². The first-order chi connectivity index (χ1) is 15.2. The van der Waals surface area contributed by atoms with E-state index in [1.165, 1.54) is 39.2 Å². The smallest absolute Gasteiger partial charge is 0.306 e. The minimum atomic E-state index is -0.685. The van der Waals surface area contributed by atoms with Crippen molar-refractivity contribution in [2.45, 2.75) is 82.5 Å². The minimum absolute atomic E-state index is 0.0321. The van der Waals surface area contributed by atoms with Crippen LogP contribution in [-0.2, 0) is 9.53 Å². The van der Waals surface area contributed by atoms with E-state index in [-0.39, 0.29) is 24.6 Å². The zero-order valence-corrected chi connectivity index (χ0v) is 18.4. The lowest BCUT2D eigenvalue weighted by molar-refractivity contribution is -0.143. The highest BCUT2D eigenvalue weighted by molar-refractivity contribution is 6.04. The Balaban J connectivity index is 1.71. The maximum absolute atomic E-state index is 12.6. The topological polar surface area (TPSA) is 90.1 Å². The van der Waals surface area contributed by atoms with E-state index in [0.29, 0.717) is 6.04 Å². The Morgan fingerprint density at radius 1 is 1.29 bits per heavy atom. The van der Waals surface area contributed by atoms with Gasteiger partial charge in [0.1, 0.15) is 12.0 Å². The summed E-state index contributed by atoms with van der Waals surface area (Å²) in [5.74, 6) is 0.443. The third-order valence-corrected chi connectivity index (χ3v) is 7.24. The number of carbonyl (C=O) groups is 1. The molecule has 31 heavy (non-hydrogen) atoms. The molecule has 0 aromatic carbocycles. The molecule has 7 heteroatoms. The van der Waals surface area contributed by atoms with Crippen molar-refractivity contribution in [3.05, 3.63) is 24.3 Å². The Bertz CT molecular complexity index is 831. The molecule has 0 aromatic rings. The van der Waals surface area contributed by atoms with E-state index in [9.17, 15) is 10.1 Å². The molecule has 0 spiro atoms. The van der Waals surface area contributed by atoms with Crippen LogP contribution in [0.5, 0.6) is 0 Å². The predicted octanol–water partition coefficient (Wildman–Crippen LogP) is 3.49. The monoisotopic (exact) mass is 423 g/mol. The zero-order valence-electron chi connectivity index (χ0n) is 18.4. The molecule has 0 aromatic heterocycles. The van der Waals surface area contributed by atoms with Crippen molar-refractivity contribution in [3.63, 3.8) is 0 Å². The van der Waals surface area contributed by atoms with Crippen LogP contribution in [-0.4, -0.2) is 54.3 Å². The van der Waals surface area contributed by atoms with Crippen molar-refractivity contribution in [3.8, 4) is 6.19 Å². The number of hydrogen-bond donors (Lipinski definition) is 1. The van der Waals surface area contributed by atoms with E-state index in [4.69, 9.17) is 9.73 Å². The van der Waals surface area contributed by atoms with Gasteiger partial charge in [0.15, 0.2) is 0 Å². The molecule has 0 amide bonds. The van der Waals surface area contributed by atoms with Gasteiger partial charge < -0.3 is 9.64 Å². The number of fused-ring (bicyclic) bond motifs is 1. The molecule has 0 radical (unpaired) electrons. The first-order valence-electron chi connectivity index (χ1n) is 11.7. The number of methoxy groups -OCH3 is 1. The lowest BCUT2D eigenvalue weighted by Crippen LogP contribution is -2.60. The van der Waals surface area contributed by atoms with Crippen LogP contribution in [0.25, 0.3) is 0 Å². The number of rotatable bonds is 4. The first-order valence-corrected chi connectivity index (χ1v) is 11.7. The normalized spacial score (nSPS) is 32.7. The molecular formula is C24H33N5O2. The maximum atomic E-state index is 12.6. The summed E-state index contributed by atoms with van der Waals surface area (Å²) >= 11 is 0. The van der Waals surface area contributed by atoms with Crippen molar-refractivity contribution >= 4 is 17.5 Å². The number of allylic oxidation sites excluding steroid dienone is 2. The van der Waals surface area contributed by atoms with E-state index in [1.807, 2.05) is 18.2 Å². The Morgan fingerprint density at radius 3 is 2.77 bits per heavy atom. The molecule has 3 unspecified atom stereocenters. The molecule has 0 bridgehead atoms. The fourth-order valence-corrected chi connectivity index (χ4v) is 5.68.